The molecule has 0 radical (unpaired) electrons. The highest BCUT2D eigenvalue weighted by Gasteiger charge is 2.41. The van der Waals surface area contributed by atoms with Gasteiger partial charge in [0.15, 0.2) is 6.17 Å². The minimum Gasteiger partial charge on any atom is -0.475 e. The molecule has 1 aliphatic rings. The maximum absolute atomic E-state index is 12.5. The van der Waals surface area contributed by atoms with Crippen molar-refractivity contribution in [3.8, 4) is 0 Å². The Balaban J connectivity index is 2.19. The predicted molar refractivity (Wildman–Crippen MR) is 72.2 cm³/mol. The van der Waals surface area contributed by atoms with Gasteiger partial charge in [0.1, 0.15) is 0 Å². The summed E-state index contributed by atoms with van der Waals surface area (Å²) >= 11 is 0. The molecule has 0 bridgehead atoms. The molecule has 7 nitrogen and oxygen atoms in total. The van der Waals surface area contributed by atoms with Gasteiger partial charge in [-0.2, -0.15) is 0 Å². The SMILES string of the molecule is CC(=O)N1c2ccccc2C(=O)C1n1ccnc1C(=O)O. The zero-order valence-electron chi connectivity index (χ0n) is 11.1. The summed E-state index contributed by atoms with van der Waals surface area (Å²) in [5, 5.41) is 9.14. The molecule has 1 atom stereocenters. The molecule has 7 heteroatoms. The van der Waals surface area contributed by atoms with Crippen molar-refractivity contribution < 1.29 is 19.5 Å². The van der Waals surface area contributed by atoms with Crippen molar-refractivity contribution in [3.63, 3.8) is 0 Å². The minimum absolute atomic E-state index is 0.285. The largest absolute Gasteiger partial charge is 0.475 e. The van der Waals surface area contributed by atoms with Gasteiger partial charge in [-0.05, 0) is 12.1 Å². The van der Waals surface area contributed by atoms with Crippen LogP contribution in [0.3, 0.4) is 0 Å². The molecular formula is C14H11N3O4. The van der Waals surface area contributed by atoms with E-state index >= 15 is 0 Å². The topological polar surface area (TPSA) is 92.5 Å². The van der Waals surface area contributed by atoms with E-state index in [4.69, 9.17) is 5.11 Å². The first-order valence-corrected chi connectivity index (χ1v) is 6.21. The Labute approximate surface area is 119 Å². The molecule has 0 aliphatic carbocycles. The van der Waals surface area contributed by atoms with Crippen molar-refractivity contribution >= 4 is 23.3 Å². The molecule has 1 amide bonds. The van der Waals surface area contributed by atoms with Crippen molar-refractivity contribution in [2.24, 2.45) is 0 Å². The second-order valence-corrected chi connectivity index (χ2v) is 4.61. The summed E-state index contributed by atoms with van der Waals surface area (Å²) in [6.45, 7) is 1.33. The number of hydrogen-bond donors (Lipinski definition) is 1. The van der Waals surface area contributed by atoms with Crippen LogP contribution in [0.2, 0.25) is 0 Å². The predicted octanol–water partition coefficient (Wildman–Crippen LogP) is 1.33. The molecule has 0 saturated heterocycles. The van der Waals surface area contributed by atoms with Crippen LogP contribution in [0, 0.1) is 0 Å². The van der Waals surface area contributed by atoms with E-state index in [0.29, 0.717) is 11.3 Å². The van der Waals surface area contributed by atoms with Crippen LogP contribution >= 0.6 is 0 Å². The van der Waals surface area contributed by atoms with Crippen LogP contribution in [-0.2, 0) is 4.79 Å². The monoisotopic (exact) mass is 285 g/mol. The number of carbonyl (C=O) groups excluding carboxylic acids is 2. The number of anilines is 1. The molecule has 1 N–H and O–H groups in total. The average Bonchev–Trinajstić information content (AvgIpc) is 3.02. The fourth-order valence-electron chi connectivity index (χ4n) is 2.55. The third-order valence-corrected chi connectivity index (χ3v) is 3.37. The van der Waals surface area contributed by atoms with Crippen LogP contribution in [0.4, 0.5) is 5.69 Å². The number of Topliss-reactive ketones (excluding diaryl/α,β-unsaturated/α-hetero) is 1. The Bertz CT molecular complexity index is 765. The number of fused-ring (bicyclic) bond motifs is 1. The highest BCUT2D eigenvalue weighted by Crippen LogP contribution is 2.37. The first kappa shape index (κ1) is 13.0. The van der Waals surface area contributed by atoms with Gasteiger partial charge in [-0.3, -0.25) is 19.1 Å². The van der Waals surface area contributed by atoms with Gasteiger partial charge in [0, 0.05) is 24.9 Å². The molecule has 106 valence electrons. The molecule has 1 aromatic carbocycles. The Kier molecular flexibility index (Phi) is 2.83. The van der Waals surface area contributed by atoms with E-state index in [2.05, 4.69) is 4.98 Å². The quantitative estimate of drug-likeness (QED) is 0.898. The zero-order valence-corrected chi connectivity index (χ0v) is 11.1. The number of carboxylic acids is 1. The van der Waals surface area contributed by atoms with Crippen molar-refractivity contribution in [2.75, 3.05) is 4.90 Å². The van der Waals surface area contributed by atoms with Crippen LogP contribution in [0.5, 0.6) is 0 Å². The Morgan fingerprint density at radius 3 is 2.67 bits per heavy atom. The Morgan fingerprint density at radius 2 is 2.00 bits per heavy atom. The molecule has 2 aromatic rings. The van der Waals surface area contributed by atoms with Crippen LogP contribution < -0.4 is 4.90 Å². The zero-order chi connectivity index (χ0) is 15.1. The van der Waals surface area contributed by atoms with E-state index in [1.54, 1.807) is 24.3 Å². The van der Waals surface area contributed by atoms with Gasteiger partial charge in [0.2, 0.25) is 17.5 Å². The third-order valence-electron chi connectivity index (χ3n) is 3.37. The van der Waals surface area contributed by atoms with Gasteiger partial charge in [-0.1, -0.05) is 12.1 Å². The fraction of sp³-hybridized carbons (Fsp3) is 0.143. The van der Waals surface area contributed by atoms with Crippen LogP contribution in [0.15, 0.2) is 36.7 Å². The summed E-state index contributed by atoms with van der Waals surface area (Å²) in [7, 11) is 0. The first-order chi connectivity index (χ1) is 10.0. The average molecular weight is 285 g/mol. The highest BCUT2D eigenvalue weighted by atomic mass is 16.4. The number of para-hydroxylation sites is 1. The Morgan fingerprint density at radius 1 is 1.29 bits per heavy atom. The standard InChI is InChI=1S/C14H11N3O4/c1-8(18)17-10-5-3-2-4-9(10)11(19)13(17)16-7-6-15-12(16)14(20)21/h2-7,13H,1H3,(H,20,21). The second-order valence-electron chi connectivity index (χ2n) is 4.61. The van der Waals surface area contributed by atoms with Gasteiger partial charge in [-0.25, -0.2) is 9.78 Å². The van der Waals surface area contributed by atoms with Gasteiger partial charge in [0.25, 0.3) is 0 Å². The molecule has 0 saturated carbocycles. The molecular weight excluding hydrogens is 274 g/mol. The number of aromatic carboxylic acids is 1. The molecule has 1 aromatic heterocycles. The van der Waals surface area contributed by atoms with Gasteiger partial charge >= 0.3 is 5.97 Å². The minimum atomic E-state index is -1.26. The number of carboxylic acid groups (broad SMARTS) is 1. The lowest BCUT2D eigenvalue weighted by molar-refractivity contribution is -0.117. The number of hydrogen-bond acceptors (Lipinski definition) is 4. The van der Waals surface area contributed by atoms with E-state index in [1.165, 1.54) is 28.8 Å². The normalized spacial score (nSPS) is 16.9. The second kappa shape index (κ2) is 4.55. The number of aromatic nitrogens is 2. The molecule has 0 fully saturated rings. The van der Waals surface area contributed by atoms with Crippen molar-refractivity contribution in [1.82, 2.24) is 9.55 Å². The van der Waals surface area contributed by atoms with Crippen molar-refractivity contribution in [2.45, 2.75) is 13.1 Å². The van der Waals surface area contributed by atoms with Crippen LogP contribution in [0.25, 0.3) is 0 Å². The summed E-state index contributed by atoms with van der Waals surface area (Å²) < 4.78 is 1.20. The summed E-state index contributed by atoms with van der Waals surface area (Å²) in [6.07, 6.45) is 1.62. The Hall–Kier alpha value is -2.96. The van der Waals surface area contributed by atoms with Gasteiger partial charge in [0.05, 0.1) is 5.69 Å². The molecule has 21 heavy (non-hydrogen) atoms. The summed E-state index contributed by atoms with van der Waals surface area (Å²) in [5.74, 6) is -2.22. The lowest BCUT2D eigenvalue weighted by Gasteiger charge is -2.24. The number of amides is 1. The maximum Gasteiger partial charge on any atom is 0.372 e. The molecule has 1 unspecified atom stereocenters. The van der Waals surface area contributed by atoms with Crippen molar-refractivity contribution in [3.05, 3.63) is 48.0 Å². The molecule has 2 heterocycles. The number of benzene rings is 1. The van der Waals surface area contributed by atoms with Gasteiger partial charge < -0.3 is 5.11 Å². The number of nitrogens with zero attached hydrogens (tertiary/aromatic N) is 3. The van der Waals surface area contributed by atoms with E-state index in [0.717, 1.165) is 0 Å². The van der Waals surface area contributed by atoms with E-state index < -0.39 is 12.1 Å². The summed E-state index contributed by atoms with van der Waals surface area (Å²) in [5.41, 5.74) is 0.868. The van der Waals surface area contributed by atoms with Crippen molar-refractivity contribution in [1.29, 1.82) is 0 Å². The third kappa shape index (κ3) is 1.82. The summed E-state index contributed by atoms with van der Waals surface area (Å²) in [4.78, 5) is 40.7. The molecule has 3 rings (SSSR count). The molecule has 1 aliphatic heterocycles. The molecule has 0 spiro atoms. The first-order valence-electron chi connectivity index (χ1n) is 6.21. The fourth-order valence-corrected chi connectivity index (χ4v) is 2.55. The number of imidazole rings is 1. The van der Waals surface area contributed by atoms with E-state index in [9.17, 15) is 14.4 Å². The number of carbonyl (C=O) groups is 3. The maximum atomic E-state index is 12.5. The van der Waals surface area contributed by atoms with E-state index in [-0.39, 0.29) is 17.5 Å². The smallest absolute Gasteiger partial charge is 0.372 e. The van der Waals surface area contributed by atoms with Gasteiger partial charge in [-0.15, -0.1) is 0 Å². The van der Waals surface area contributed by atoms with Crippen LogP contribution in [0.1, 0.15) is 34.1 Å². The number of rotatable bonds is 2. The highest BCUT2D eigenvalue weighted by molar-refractivity contribution is 6.16. The lowest BCUT2D eigenvalue weighted by Crippen LogP contribution is -2.37. The van der Waals surface area contributed by atoms with E-state index in [1.807, 2.05) is 0 Å². The summed E-state index contributed by atoms with van der Waals surface area (Å²) in [6, 6.07) is 6.69. The van der Waals surface area contributed by atoms with Crippen LogP contribution in [-0.4, -0.2) is 32.3 Å². The lowest BCUT2D eigenvalue weighted by atomic mass is 10.1. The number of ketones is 1.